The second-order valence-corrected chi connectivity index (χ2v) is 9.61. The van der Waals surface area contributed by atoms with Gasteiger partial charge in [0.05, 0.1) is 6.54 Å². The fourth-order valence-corrected chi connectivity index (χ4v) is 5.00. The summed E-state index contributed by atoms with van der Waals surface area (Å²) in [5.41, 5.74) is 7.47. The van der Waals surface area contributed by atoms with E-state index in [4.69, 9.17) is 0 Å². The van der Waals surface area contributed by atoms with Crippen LogP contribution in [0, 0.1) is 6.92 Å². The highest BCUT2D eigenvalue weighted by Crippen LogP contribution is 2.29. The third-order valence-electron chi connectivity index (χ3n) is 7.12. The summed E-state index contributed by atoms with van der Waals surface area (Å²) < 4.78 is 3.93. The van der Waals surface area contributed by atoms with Crippen LogP contribution in [0.3, 0.4) is 0 Å². The van der Waals surface area contributed by atoms with Gasteiger partial charge >= 0.3 is 5.69 Å². The van der Waals surface area contributed by atoms with Gasteiger partial charge in [0.25, 0.3) is 0 Å². The number of tetrazole rings is 1. The maximum absolute atomic E-state index is 13.6. The molecule has 0 spiro atoms. The number of aromatic nitrogens is 7. The lowest BCUT2D eigenvalue weighted by Gasteiger charge is -2.10. The zero-order valence-electron chi connectivity index (χ0n) is 22.0. The van der Waals surface area contributed by atoms with E-state index in [2.05, 4.69) is 75.9 Å². The van der Waals surface area contributed by atoms with Gasteiger partial charge in [-0.1, -0.05) is 74.4 Å². The Hall–Kier alpha value is -4.33. The van der Waals surface area contributed by atoms with Crippen LogP contribution in [-0.2, 0) is 25.9 Å². The number of rotatable bonds is 11. The summed E-state index contributed by atoms with van der Waals surface area (Å²) in [5.74, 6) is 0.599. The molecule has 5 aromatic rings. The summed E-state index contributed by atoms with van der Waals surface area (Å²) in [6.07, 6.45) is 8.69. The van der Waals surface area contributed by atoms with Crippen molar-refractivity contribution in [3.05, 3.63) is 106 Å². The van der Waals surface area contributed by atoms with Crippen molar-refractivity contribution < 1.29 is 0 Å². The molecule has 0 saturated heterocycles. The number of unbranched alkanes of at least 4 members (excludes halogenated alkanes) is 2. The Kier molecular flexibility index (Phi) is 7.87. The first-order chi connectivity index (χ1) is 18.7. The molecule has 0 atom stereocenters. The highest BCUT2D eigenvalue weighted by molar-refractivity contribution is 5.79. The maximum Gasteiger partial charge on any atom is 0.328 e. The second kappa shape index (κ2) is 11.8. The Morgan fingerprint density at radius 1 is 0.868 bits per heavy atom. The van der Waals surface area contributed by atoms with Crippen molar-refractivity contribution in [3.63, 3.8) is 0 Å². The van der Waals surface area contributed by atoms with Crippen molar-refractivity contribution in [2.45, 2.75) is 59.0 Å². The molecule has 0 bridgehead atoms. The molecule has 2 aromatic carbocycles. The Balaban J connectivity index is 1.41. The van der Waals surface area contributed by atoms with E-state index in [1.54, 1.807) is 6.20 Å². The van der Waals surface area contributed by atoms with Crippen LogP contribution in [0.25, 0.3) is 22.5 Å². The van der Waals surface area contributed by atoms with E-state index in [1.165, 1.54) is 5.56 Å². The minimum atomic E-state index is 0.0707. The van der Waals surface area contributed by atoms with E-state index in [9.17, 15) is 4.79 Å². The van der Waals surface area contributed by atoms with Crippen LogP contribution < -0.4 is 5.69 Å². The number of nitrogens with one attached hydrogen (secondary N) is 1. The SMILES string of the molecule is CCCCCc1c(C)n(CCc2ccccc2)c(=O)n1Cc1ccc(-c2cnccc2-c2nnn[nH]2)cc1. The van der Waals surface area contributed by atoms with E-state index in [-0.39, 0.29) is 5.69 Å². The molecule has 3 aromatic heterocycles. The highest BCUT2D eigenvalue weighted by Gasteiger charge is 2.17. The molecule has 0 saturated carbocycles. The van der Waals surface area contributed by atoms with Gasteiger partial charge in [-0.05, 0) is 59.4 Å². The van der Waals surface area contributed by atoms with Gasteiger partial charge in [-0.2, -0.15) is 0 Å². The molecule has 0 unspecified atom stereocenters. The van der Waals surface area contributed by atoms with E-state index >= 15 is 0 Å². The first-order valence-corrected chi connectivity index (χ1v) is 13.3. The lowest BCUT2D eigenvalue weighted by molar-refractivity contribution is 0.618. The molecule has 0 aliphatic carbocycles. The Morgan fingerprint density at radius 2 is 1.68 bits per heavy atom. The monoisotopic (exact) mass is 507 g/mol. The topological polar surface area (TPSA) is 94.3 Å². The number of pyridine rings is 1. The van der Waals surface area contributed by atoms with Gasteiger partial charge in [-0.3, -0.25) is 14.1 Å². The van der Waals surface area contributed by atoms with E-state index in [0.29, 0.717) is 18.9 Å². The lowest BCUT2D eigenvalue weighted by atomic mass is 10.0. The number of hydrogen-bond donors (Lipinski definition) is 1. The summed E-state index contributed by atoms with van der Waals surface area (Å²) >= 11 is 0. The third kappa shape index (κ3) is 5.49. The van der Waals surface area contributed by atoms with Gasteiger partial charge in [-0.25, -0.2) is 9.89 Å². The van der Waals surface area contributed by atoms with Crippen molar-refractivity contribution in [1.82, 2.24) is 34.7 Å². The zero-order chi connectivity index (χ0) is 26.3. The summed E-state index contributed by atoms with van der Waals surface area (Å²) in [6, 6.07) is 20.6. The van der Waals surface area contributed by atoms with Crippen LogP contribution in [-0.4, -0.2) is 34.7 Å². The van der Waals surface area contributed by atoms with E-state index in [0.717, 1.165) is 65.7 Å². The average molecular weight is 508 g/mol. The predicted molar refractivity (Wildman–Crippen MR) is 149 cm³/mol. The molecule has 0 radical (unpaired) electrons. The number of benzene rings is 2. The minimum Gasteiger partial charge on any atom is -0.296 e. The van der Waals surface area contributed by atoms with Crippen LogP contribution in [0.5, 0.6) is 0 Å². The average Bonchev–Trinajstić information content (AvgIpc) is 3.57. The number of aryl methyl sites for hydroxylation is 1. The van der Waals surface area contributed by atoms with Crippen molar-refractivity contribution in [2.24, 2.45) is 0 Å². The molecular weight excluding hydrogens is 474 g/mol. The number of hydrogen-bond acceptors (Lipinski definition) is 5. The smallest absolute Gasteiger partial charge is 0.296 e. The van der Waals surface area contributed by atoms with Gasteiger partial charge in [-0.15, -0.1) is 5.10 Å². The summed E-state index contributed by atoms with van der Waals surface area (Å²) in [7, 11) is 0. The Morgan fingerprint density at radius 3 is 2.42 bits per heavy atom. The van der Waals surface area contributed by atoms with Gasteiger partial charge in [0.1, 0.15) is 0 Å². The number of imidazole rings is 1. The minimum absolute atomic E-state index is 0.0707. The molecule has 5 rings (SSSR count). The van der Waals surface area contributed by atoms with Crippen LogP contribution in [0.4, 0.5) is 0 Å². The summed E-state index contributed by atoms with van der Waals surface area (Å²) in [4.78, 5) is 17.9. The third-order valence-corrected chi connectivity index (χ3v) is 7.12. The van der Waals surface area contributed by atoms with Crippen molar-refractivity contribution in [1.29, 1.82) is 0 Å². The van der Waals surface area contributed by atoms with Crippen LogP contribution in [0.1, 0.15) is 48.7 Å². The molecule has 0 aliphatic rings. The largest absolute Gasteiger partial charge is 0.328 e. The molecule has 3 heterocycles. The first kappa shape index (κ1) is 25.3. The molecule has 194 valence electrons. The van der Waals surface area contributed by atoms with Crippen LogP contribution in [0.15, 0.2) is 77.9 Å². The molecule has 0 fully saturated rings. The van der Waals surface area contributed by atoms with Gasteiger partial charge in [0, 0.05) is 41.5 Å². The van der Waals surface area contributed by atoms with Crippen molar-refractivity contribution in [2.75, 3.05) is 0 Å². The number of aromatic amines is 1. The number of nitrogens with zero attached hydrogens (tertiary/aromatic N) is 6. The maximum atomic E-state index is 13.6. The van der Waals surface area contributed by atoms with Crippen molar-refractivity contribution in [3.8, 4) is 22.5 Å². The fraction of sp³-hybridized carbons (Fsp3) is 0.300. The van der Waals surface area contributed by atoms with Crippen LogP contribution >= 0.6 is 0 Å². The van der Waals surface area contributed by atoms with Crippen LogP contribution in [0.2, 0.25) is 0 Å². The Bertz CT molecular complexity index is 1520. The Labute approximate surface area is 222 Å². The standard InChI is InChI=1S/C30H33N7O/c1-3-4-6-11-28-22(2)36(19-17-23-9-7-5-8-10-23)30(38)37(28)21-24-12-14-25(15-13-24)27-20-31-18-16-26(27)29-32-34-35-33-29/h5,7-10,12-16,18,20H,3-4,6,11,17,19,21H2,1-2H3,(H,32,33,34,35). The summed E-state index contributed by atoms with van der Waals surface area (Å²) in [5, 5.41) is 14.3. The zero-order valence-corrected chi connectivity index (χ0v) is 22.0. The normalized spacial score (nSPS) is 11.2. The highest BCUT2D eigenvalue weighted by atomic mass is 16.1. The van der Waals surface area contributed by atoms with E-state index in [1.807, 2.05) is 39.6 Å². The van der Waals surface area contributed by atoms with Gasteiger partial charge in [0.15, 0.2) is 5.82 Å². The molecule has 38 heavy (non-hydrogen) atoms. The molecule has 0 aliphatic heterocycles. The quantitative estimate of drug-likeness (QED) is 0.247. The fourth-order valence-electron chi connectivity index (χ4n) is 5.00. The lowest BCUT2D eigenvalue weighted by Crippen LogP contribution is -2.26. The number of H-pyrrole nitrogens is 1. The molecule has 1 N–H and O–H groups in total. The first-order valence-electron chi connectivity index (χ1n) is 13.3. The molecule has 8 heteroatoms. The second-order valence-electron chi connectivity index (χ2n) is 9.61. The summed E-state index contributed by atoms with van der Waals surface area (Å²) in [6.45, 7) is 5.53. The molecular formula is C30H33N7O. The predicted octanol–water partition coefficient (Wildman–Crippen LogP) is 5.22. The van der Waals surface area contributed by atoms with Crippen molar-refractivity contribution >= 4 is 0 Å². The van der Waals surface area contributed by atoms with Gasteiger partial charge in [0.2, 0.25) is 0 Å². The van der Waals surface area contributed by atoms with Gasteiger partial charge < -0.3 is 0 Å². The van der Waals surface area contributed by atoms with E-state index < -0.39 is 0 Å². The molecule has 0 amide bonds. The molecule has 8 nitrogen and oxygen atoms in total.